The van der Waals surface area contributed by atoms with Crippen LogP contribution in [0.1, 0.15) is 42.3 Å². The van der Waals surface area contributed by atoms with Gasteiger partial charge in [-0.1, -0.05) is 67.0 Å². The molecule has 3 heteroatoms. The second kappa shape index (κ2) is 6.27. The summed E-state index contributed by atoms with van der Waals surface area (Å²) in [5.74, 6) is -1.04. The minimum atomic E-state index is -0.545. The summed E-state index contributed by atoms with van der Waals surface area (Å²) in [5.41, 5.74) is 2.98. The van der Waals surface area contributed by atoms with E-state index in [4.69, 9.17) is 0 Å². The summed E-state index contributed by atoms with van der Waals surface area (Å²) < 4.78 is 26.6. The van der Waals surface area contributed by atoms with Crippen molar-refractivity contribution in [2.75, 3.05) is 0 Å². The molecular weight excluding hydrogens is 334 g/mol. The highest BCUT2D eigenvalue weighted by molar-refractivity contribution is 9.09. The lowest BCUT2D eigenvalue weighted by Gasteiger charge is -2.20. The van der Waals surface area contributed by atoms with Gasteiger partial charge in [-0.2, -0.15) is 0 Å². The number of hydrogen-bond donors (Lipinski definition) is 0. The Morgan fingerprint density at radius 2 is 1.62 bits per heavy atom. The molecule has 0 fully saturated rings. The average Bonchev–Trinajstić information content (AvgIpc) is 2.41. The predicted molar refractivity (Wildman–Crippen MR) is 86.9 cm³/mol. The Morgan fingerprint density at radius 1 is 1.00 bits per heavy atom. The Morgan fingerprint density at radius 3 is 2.14 bits per heavy atom. The Kier molecular flexibility index (Phi) is 4.82. The summed E-state index contributed by atoms with van der Waals surface area (Å²) in [4.78, 5) is 0.00600. The summed E-state index contributed by atoms with van der Waals surface area (Å²) >= 11 is 3.59. The molecule has 0 amide bonds. The molecule has 2 aromatic carbocycles. The smallest absolute Gasteiger partial charge is 0.129 e. The summed E-state index contributed by atoms with van der Waals surface area (Å²) in [7, 11) is 0. The van der Waals surface area contributed by atoms with Crippen LogP contribution in [0.4, 0.5) is 8.78 Å². The zero-order valence-electron chi connectivity index (χ0n) is 12.5. The highest BCUT2D eigenvalue weighted by Crippen LogP contribution is 2.30. The first-order valence-electron chi connectivity index (χ1n) is 6.96. The fraction of sp³-hybridized carbons (Fsp3) is 0.333. The second-order valence-corrected chi connectivity index (χ2v) is 7.38. The van der Waals surface area contributed by atoms with Gasteiger partial charge in [0.2, 0.25) is 0 Å². The summed E-state index contributed by atoms with van der Waals surface area (Å²) in [6.45, 7) is 6.50. The van der Waals surface area contributed by atoms with E-state index in [2.05, 4.69) is 61.0 Å². The lowest BCUT2D eigenvalue weighted by molar-refractivity contribution is 0.571. The van der Waals surface area contributed by atoms with Crippen LogP contribution in [0.3, 0.4) is 0 Å². The van der Waals surface area contributed by atoms with E-state index >= 15 is 0 Å². The number of halogens is 3. The van der Waals surface area contributed by atoms with Crippen LogP contribution in [-0.4, -0.2) is 0 Å². The molecule has 112 valence electrons. The Hall–Kier alpha value is -1.22. The third-order valence-corrected chi connectivity index (χ3v) is 4.41. The molecule has 0 aromatic heterocycles. The molecule has 0 heterocycles. The van der Waals surface area contributed by atoms with Crippen molar-refractivity contribution in [2.24, 2.45) is 0 Å². The van der Waals surface area contributed by atoms with Crippen molar-refractivity contribution in [3.8, 4) is 0 Å². The van der Waals surface area contributed by atoms with Crippen LogP contribution in [0.25, 0.3) is 0 Å². The normalized spacial score (nSPS) is 13.2. The average molecular weight is 353 g/mol. The van der Waals surface area contributed by atoms with E-state index in [0.717, 1.165) is 11.6 Å². The van der Waals surface area contributed by atoms with E-state index in [-0.39, 0.29) is 10.2 Å². The minimum Gasteiger partial charge on any atom is -0.207 e. The van der Waals surface area contributed by atoms with Crippen molar-refractivity contribution in [1.82, 2.24) is 0 Å². The highest BCUT2D eigenvalue weighted by atomic mass is 79.9. The van der Waals surface area contributed by atoms with Gasteiger partial charge in [-0.3, -0.25) is 0 Å². The molecule has 2 aromatic rings. The van der Waals surface area contributed by atoms with Gasteiger partial charge in [0.05, 0.1) is 0 Å². The minimum absolute atomic E-state index is 0.00600. The Balaban J connectivity index is 2.15. The molecule has 0 radical (unpaired) electrons. The standard InChI is InChI=1S/C18H19BrF2/c1-18(2,3)14-7-4-12(5-8-14)16(19)10-13-6-9-15(20)11-17(13)21/h4-9,11,16H,10H2,1-3H3. The van der Waals surface area contributed by atoms with Crippen molar-refractivity contribution >= 4 is 15.9 Å². The number of hydrogen-bond acceptors (Lipinski definition) is 0. The van der Waals surface area contributed by atoms with E-state index in [9.17, 15) is 8.78 Å². The first-order chi connectivity index (χ1) is 9.77. The maximum atomic E-state index is 13.7. The SMILES string of the molecule is CC(C)(C)c1ccc(C(Br)Cc2ccc(F)cc2F)cc1. The fourth-order valence-corrected chi connectivity index (χ4v) is 2.84. The number of rotatable bonds is 3. The maximum absolute atomic E-state index is 13.7. The summed E-state index contributed by atoms with van der Waals surface area (Å²) in [5, 5.41) is 0. The largest absolute Gasteiger partial charge is 0.207 e. The lowest BCUT2D eigenvalue weighted by atomic mass is 9.86. The van der Waals surface area contributed by atoms with Gasteiger partial charge in [0.1, 0.15) is 11.6 Å². The first kappa shape index (κ1) is 16.2. The van der Waals surface area contributed by atoms with E-state index < -0.39 is 11.6 Å². The fourth-order valence-electron chi connectivity index (χ4n) is 2.19. The number of alkyl halides is 1. The van der Waals surface area contributed by atoms with Gasteiger partial charge in [-0.05, 0) is 34.6 Å². The molecule has 0 N–H and O–H groups in total. The van der Waals surface area contributed by atoms with Crippen LogP contribution in [0.15, 0.2) is 42.5 Å². The first-order valence-corrected chi connectivity index (χ1v) is 7.87. The topological polar surface area (TPSA) is 0 Å². The van der Waals surface area contributed by atoms with Crippen LogP contribution in [-0.2, 0) is 11.8 Å². The van der Waals surface area contributed by atoms with Crippen molar-refractivity contribution in [1.29, 1.82) is 0 Å². The molecule has 21 heavy (non-hydrogen) atoms. The van der Waals surface area contributed by atoms with Crippen LogP contribution in [0, 0.1) is 11.6 Å². The van der Waals surface area contributed by atoms with Gasteiger partial charge in [0.25, 0.3) is 0 Å². The molecule has 0 saturated heterocycles. The molecule has 1 unspecified atom stereocenters. The van der Waals surface area contributed by atoms with Gasteiger partial charge < -0.3 is 0 Å². The third-order valence-electron chi connectivity index (χ3n) is 3.55. The van der Waals surface area contributed by atoms with Crippen molar-refractivity contribution in [3.63, 3.8) is 0 Å². The van der Waals surface area contributed by atoms with E-state index in [0.29, 0.717) is 12.0 Å². The molecule has 0 aliphatic rings. The van der Waals surface area contributed by atoms with E-state index in [1.165, 1.54) is 17.7 Å². The van der Waals surface area contributed by atoms with Gasteiger partial charge in [0, 0.05) is 10.9 Å². The zero-order chi connectivity index (χ0) is 15.6. The van der Waals surface area contributed by atoms with Gasteiger partial charge in [-0.25, -0.2) is 8.78 Å². The maximum Gasteiger partial charge on any atom is 0.129 e. The van der Waals surface area contributed by atoms with Gasteiger partial charge >= 0.3 is 0 Å². The van der Waals surface area contributed by atoms with Crippen LogP contribution in [0.2, 0.25) is 0 Å². The lowest BCUT2D eigenvalue weighted by Crippen LogP contribution is -2.11. The molecular formula is C18H19BrF2. The summed E-state index contributed by atoms with van der Waals surface area (Å²) in [6.07, 6.45) is 0.487. The quantitative estimate of drug-likeness (QED) is 0.599. The predicted octanol–water partition coefficient (Wildman–Crippen LogP) is 5.94. The van der Waals surface area contributed by atoms with Crippen LogP contribution >= 0.6 is 15.9 Å². The second-order valence-electron chi connectivity index (χ2n) is 6.28. The van der Waals surface area contributed by atoms with E-state index in [1.807, 2.05) is 0 Å². The van der Waals surface area contributed by atoms with E-state index in [1.54, 1.807) is 0 Å². The third kappa shape index (κ3) is 4.13. The van der Waals surface area contributed by atoms with Crippen molar-refractivity contribution in [2.45, 2.75) is 37.4 Å². The molecule has 1 atom stereocenters. The zero-order valence-corrected chi connectivity index (χ0v) is 14.0. The number of benzene rings is 2. The van der Waals surface area contributed by atoms with Crippen LogP contribution < -0.4 is 0 Å². The monoisotopic (exact) mass is 352 g/mol. The highest BCUT2D eigenvalue weighted by Gasteiger charge is 2.16. The molecule has 2 rings (SSSR count). The molecule has 0 bridgehead atoms. The molecule has 0 nitrogen and oxygen atoms in total. The summed E-state index contributed by atoms with van der Waals surface area (Å²) in [6, 6.07) is 12.0. The molecule has 0 aliphatic carbocycles. The molecule has 0 saturated carbocycles. The Labute approximate surface area is 133 Å². The van der Waals surface area contributed by atoms with Gasteiger partial charge in [-0.15, -0.1) is 0 Å². The van der Waals surface area contributed by atoms with Gasteiger partial charge in [0.15, 0.2) is 0 Å². The molecule has 0 aliphatic heterocycles. The van der Waals surface area contributed by atoms with Crippen molar-refractivity contribution < 1.29 is 8.78 Å². The Bertz CT molecular complexity index is 612. The van der Waals surface area contributed by atoms with Crippen molar-refractivity contribution in [3.05, 3.63) is 70.8 Å². The van der Waals surface area contributed by atoms with Crippen LogP contribution in [0.5, 0.6) is 0 Å². The molecule has 0 spiro atoms.